The Morgan fingerprint density at radius 3 is 2.72 bits per heavy atom. The third kappa shape index (κ3) is 4.46. The van der Waals surface area contributed by atoms with E-state index in [0.717, 1.165) is 31.2 Å². The number of rotatable bonds is 5. The molecule has 2 unspecified atom stereocenters. The number of carbonyl (C=O) groups excluding carboxylic acids is 3. The molecule has 6 nitrogen and oxygen atoms in total. The van der Waals surface area contributed by atoms with Gasteiger partial charge in [0.15, 0.2) is 0 Å². The van der Waals surface area contributed by atoms with E-state index in [1.165, 1.54) is 16.7 Å². The molecule has 154 valence electrons. The predicted molar refractivity (Wildman–Crippen MR) is 113 cm³/mol. The Hall–Kier alpha value is -1.99. The topological polar surface area (TPSA) is 78.5 Å². The van der Waals surface area contributed by atoms with Crippen LogP contribution < -0.4 is 10.6 Å². The van der Waals surface area contributed by atoms with Gasteiger partial charge in [0.1, 0.15) is 5.25 Å². The summed E-state index contributed by atoms with van der Waals surface area (Å²) in [5.74, 6) is 0.159. The molecule has 2 atom stereocenters. The van der Waals surface area contributed by atoms with Gasteiger partial charge in [-0.2, -0.15) is 0 Å². The first-order valence-electron chi connectivity index (χ1n) is 9.98. The van der Waals surface area contributed by atoms with Gasteiger partial charge in [0.2, 0.25) is 11.8 Å². The SMILES string of the molecule is O=C(NCc1ccccc1Cl)C1CCC(CN2C(=O)NC3C=CSC3C2=O)CC1. The number of amides is 4. The average Bonchev–Trinajstić information content (AvgIpc) is 3.19. The maximum absolute atomic E-state index is 12.6. The largest absolute Gasteiger partial charge is 0.352 e. The van der Waals surface area contributed by atoms with Crippen molar-refractivity contribution in [3.8, 4) is 0 Å². The number of benzene rings is 1. The average molecular weight is 434 g/mol. The molecule has 2 fully saturated rings. The third-order valence-corrected chi connectivity index (χ3v) is 7.42. The van der Waals surface area contributed by atoms with Crippen LogP contribution in [0.4, 0.5) is 4.79 Å². The van der Waals surface area contributed by atoms with Crippen molar-refractivity contribution < 1.29 is 14.4 Å². The third-order valence-electron chi connectivity index (χ3n) is 5.95. The number of imide groups is 1. The highest BCUT2D eigenvalue weighted by Crippen LogP contribution is 2.33. The van der Waals surface area contributed by atoms with Crippen molar-refractivity contribution in [3.05, 3.63) is 46.3 Å². The maximum atomic E-state index is 12.6. The predicted octanol–water partition coefficient (Wildman–Crippen LogP) is 3.31. The molecule has 4 rings (SSSR count). The number of thioether (sulfide) groups is 1. The van der Waals surface area contributed by atoms with Crippen molar-refractivity contribution in [2.45, 2.75) is 43.5 Å². The molecule has 1 aliphatic carbocycles. The molecule has 4 amide bonds. The van der Waals surface area contributed by atoms with E-state index in [4.69, 9.17) is 11.6 Å². The summed E-state index contributed by atoms with van der Waals surface area (Å²) in [5.41, 5.74) is 0.906. The molecule has 1 aromatic rings. The van der Waals surface area contributed by atoms with Crippen molar-refractivity contribution >= 4 is 41.2 Å². The fourth-order valence-corrected chi connectivity index (χ4v) is 5.42. The van der Waals surface area contributed by atoms with Crippen molar-refractivity contribution in [2.75, 3.05) is 6.54 Å². The van der Waals surface area contributed by atoms with Gasteiger partial charge in [0.05, 0.1) is 6.04 Å². The van der Waals surface area contributed by atoms with Crippen LogP contribution in [0.25, 0.3) is 0 Å². The monoisotopic (exact) mass is 433 g/mol. The second-order valence-corrected chi connectivity index (χ2v) is 9.30. The second kappa shape index (κ2) is 8.79. The van der Waals surface area contributed by atoms with Crippen LogP contribution in [0.15, 0.2) is 35.7 Å². The maximum Gasteiger partial charge on any atom is 0.324 e. The zero-order chi connectivity index (χ0) is 20.4. The summed E-state index contributed by atoms with van der Waals surface area (Å²) in [5, 5.41) is 8.17. The number of nitrogens with one attached hydrogen (secondary N) is 2. The first kappa shape index (κ1) is 20.3. The van der Waals surface area contributed by atoms with Gasteiger partial charge in [-0.05, 0) is 48.6 Å². The van der Waals surface area contributed by atoms with Gasteiger partial charge in [-0.1, -0.05) is 35.9 Å². The minimum atomic E-state index is -0.303. The highest BCUT2D eigenvalue weighted by atomic mass is 35.5. The number of hydrogen-bond donors (Lipinski definition) is 2. The van der Waals surface area contributed by atoms with Crippen molar-refractivity contribution in [1.82, 2.24) is 15.5 Å². The molecule has 0 radical (unpaired) electrons. The summed E-state index contributed by atoms with van der Waals surface area (Å²) in [6.07, 6.45) is 5.08. The summed E-state index contributed by atoms with van der Waals surface area (Å²) in [7, 11) is 0. The van der Waals surface area contributed by atoms with Crippen LogP contribution in [0.3, 0.4) is 0 Å². The Morgan fingerprint density at radius 1 is 1.21 bits per heavy atom. The van der Waals surface area contributed by atoms with E-state index >= 15 is 0 Å². The molecule has 8 heteroatoms. The van der Waals surface area contributed by atoms with Crippen LogP contribution in [0.1, 0.15) is 31.2 Å². The molecule has 0 aromatic heterocycles. The van der Waals surface area contributed by atoms with Crippen LogP contribution in [0.2, 0.25) is 5.02 Å². The summed E-state index contributed by atoms with van der Waals surface area (Å²) in [6.45, 7) is 0.859. The van der Waals surface area contributed by atoms with Gasteiger partial charge >= 0.3 is 6.03 Å². The number of fused-ring (bicyclic) bond motifs is 1. The molecule has 1 aromatic carbocycles. The summed E-state index contributed by atoms with van der Waals surface area (Å²) in [6, 6.07) is 7.00. The smallest absolute Gasteiger partial charge is 0.324 e. The molecule has 1 saturated carbocycles. The lowest BCUT2D eigenvalue weighted by atomic mass is 9.81. The Labute approximate surface area is 179 Å². The van der Waals surface area contributed by atoms with Crippen molar-refractivity contribution in [2.24, 2.45) is 11.8 Å². The summed E-state index contributed by atoms with van der Waals surface area (Å²) >= 11 is 7.60. The first-order valence-corrected chi connectivity index (χ1v) is 11.3. The zero-order valence-electron chi connectivity index (χ0n) is 16.0. The van der Waals surface area contributed by atoms with Gasteiger partial charge in [-0.25, -0.2) is 4.79 Å². The Kier molecular flexibility index (Phi) is 6.15. The lowest BCUT2D eigenvalue weighted by Gasteiger charge is -2.36. The highest BCUT2D eigenvalue weighted by molar-refractivity contribution is 8.03. The molecular formula is C21H24ClN3O3S. The number of halogens is 1. The van der Waals surface area contributed by atoms with Crippen LogP contribution in [0.5, 0.6) is 0 Å². The van der Waals surface area contributed by atoms with E-state index in [0.29, 0.717) is 18.1 Å². The van der Waals surface area contributed by atoms with E-state index in [-0.39, 0.29) is 41.0 Å². The van der Waals surface area contributed by atoms with Crippen LogP contribution in [0, 0.1) is 11.8 Å². The normalized spacial score (nSPS) is 28.8. The molecule has 2 aliphatic heterocycles. The minimum absolute atomic E-state index is 0.0291. The fourth-order valence-electron chi connectivity index (χ4n) is 4.22. The Balaban J connectivity index is 1.25. The van der Waals surface area contributed by atoms with Crippen LogP contribution >= 0.6 is 23.4 Å². The highest BCUT2D eigenvalue weighted by Gasteiger charge is 2.43. The zero-order valence-corrected chi connectivity index (χ0v) is 17.5. The molecule has 0 spiro atoms. The Bertz CT molecular complexity index is 838. The molecular weight excluding hydrogens is 410 g/mol. The molecule has 1 saturated heterocycles. The van der Waals surface area contributed by atoms with Crippen molar-refractivity contribution in [3.63, 3.8) is 0 Å². The fraction of sp³-hybridized carbons (Fsp3) is 0.476. The van der Waals surface area contributed by atoms with E-state index in [9.17, 15) is 14.4 Å². The van der Waals surface area contributed by atoms with Crippen LogP contribution in [-0.4, -0.2) is 40.6 Å². The molecule has 2 heterocycles. The van der Waals surface area contributed by atoms with E-state index in [2.05, 4.69) is 10.6 Å². The first-order chi connectivity index (χ1) is 14.0. The van der Waals surface area contributed by atoms with Gasteiger partial charge in [-0.15, -0.1) is 11.8 Å². The number of urea groups is 1. The number of carbonyl (C=O) groups is 3. The van der Waals surface area contributed by atoms with Gasteiger partial charge in [0.25, 0.3) is 0 Å². The van der Waals surface area contributed by atoms with Crippen molar-refractivity contribution in [1.29, 1.82) is 0 Å². The molecule has 29 heavy (non-hydrogen) atoms. The number of hydrogen-bond acceptors (Lipinski definition) is 4. The standard InChI is InChI=1S/C21H24ClN3O3S/c22-16-4-2-1-3-15(16)11-23-19(26)14-7-5-13(6-8-14)12-25-20(27)18-17(9-10-29-18)24-21(25)28/h1-4,9-10,13-14,17-18H,5-8,11-12H2,(H,23,26)(H,24,28). The Morgan fingerprint density at radius 2 is 1.97 bits per heavy atom. The van der Waals surface area contributed by atoms with E-state index < -0.39 is 0 Å². The number of nitrogens with zero attached hydrogens (tertiary/aromatic N) is 1. The van der Waals surface area contributed by atoms with Gasteiger partial charge in [0, 0.05) is 24.0 Å². The van der Waals surface area contributed by atoms with Gasteiger partial charge < -0.3 is 10.6 Å². The minimum Gasteiger partial charge on any atom is -0.352 e. The lowest BCUT2D eigenvalue weighted by Crippen LogP contribution is -2.60. The summed E-state index contributed by atoms with van der Waals surface area (Å²) < 4.78 is 0. The van der Waals surface area contributed by atoms with Crippen LogP contribution in [-0.2, 0) is 16.1 Å². The summed E-state index contributed by atoms with van der Waals surface area (Å²) in [4.78, 5) is 38.8. The second-order valence-electron chi connectivity index (χ2n) is 7.84. The lowest BCUT2D eigenvalue weighted by molar-refractivity contribution is -0.130. The van der Waals surface area contributed by atoms with Gasteiger partial charge in [-0.3, -0.25) is 14.5 Å². The quantitative estimate of drug-likeness (QED) is 0.746. The molecule has 3 aliphatic rings. The van der Waals surface area contributed by atoms with E-state index in [1.807, 2.05) is 35.7 Å². The molecule has 2 N–H and O–H groups in total. The molecule has 0 bridgehead atoms. The van der Waals surface area contributed by atoms with E-state index in [1.54, 1.807) is 0 Å².